The van der Waals surface area contributed by atoms with Gasteiger partial charge in [-0.15, -0.1) is 0 Å². The van der Waals surface area contributed by atoms with Gasteiger partial charge in [-0.25, -0.2) is 9.78 Å². The molecule has 0 fully saturated rings. The molecule has 48 heavy (non-hydrogen) atoms. The molecule has 0 saturated heterocycles. The van der Waals surface area contributed by atoms with Gasteiger partial charge in [0.25, 0.3) is 0 Å². The molecular formula is C39H40N4O5. The molecule has 9 heteroatoms. The Labute approximate surface area is 280 Å². The molecular weight excluding hydrogens is 604 g/mol. The lowest BCUT2D eigenvalue weighted by Crippen LogP contribution is -2.48. The normalized spacial score (nSPS) is 12.0. The van der Waals surface area contributed by atoms with Gasteiger partial charge in [-0.3, -0.25) is 14.5 Å². The van der Waals surface area contributed by atoms with Crippen LogP contribution in [0.4, 0.5) is 0 Å². The molecule has 5 aromatic rings. The van der Waals surface area contributed by atoms with E-state index in [0.29, 0.717) is 18.7 Å². The summed E-state index contributed by atoms with van der Waals surface area (Å²) in [6.07, 6.45) is 5.15. The van der Waals surface area contributed by atoms with E-state index in [-0.39, 0.29) is 19.5 Å². The molecule has 1 heterocycles. The lowest BCUT2D eigenvalue weighted by atomic mass is 9.77. The summed E-state index contributed by atoms with van der Waals surface area (Å²) in [5.74, 6) is -2.12. The largest absolute Gasteiger partial charge is 0.480 e. The Balaban J connectivity index is 1.38. The second kappa shape index (κ2) is 16.3. The van der Waals surface area contributed by atoms with Gasteiger partial charge in [0.15, 0.2) is 0 Å². The van der Waals surface area contributed by atoms with E-state index in [4.69, 9.17) is 9.72 Å². The molecule has 246 valence electrons. The van der Waals surface area contributed by atoms with E-state index in [2.05, 4.69) is 41.7 Å². The number of amides is 1. The number of aryl methyl sites for hydroxylation is 1. The monoisotopic (exact) mass is 644 g/mol. The first-order valence-electron chi connectivity index (χ1n) is 16.0. The number of methoxy groups -OCH3 is 1. The molecule has 0 radical (unpaired) electrons. The van der Waals surface area contributed by atoms with Crippen LogP contribution in [0.3, 0.4) is 0 Å². The minimum Gasteiger partial charge on any atom is -0.480 e. The average molecular weight is 645 g/mol. The summed E-state index contributed by atoms with van der Waals surface area (Å²) in [6, 6.07) is 39.3. The van der Waals surface area contributed by atoms with Gasteiger partial charge in [0.2, 0.25) is 5.91 Å². The van der Waals surface area contributed by atoms with Crippen molar-refractivity contribution in [3.05, 3.63) is 162 Å². The van der Waals surface area contributed by atoms with Gasteiger partial charge >= 0.3 is 11.9 Å². The number of ether oxygens (including phenoxy) is 1. The van der Waals surface area contributed by atoms with E-state index < -0.39 is 29.4 Å². The summed E-state index contributed by atoms with van der Waals surface area (Å²) in [4.78, 5) is 44.0. The van der Waals surface area contributed by atoms with Crippen LogP contribution >= 0.6 is 0 Å². The van der Waals surface area contributed by atoms with Crippen LogP contribution in [0.15, 0.2) is 134 Å². The second-order valence-electron chi connectivity index (χ2n) is 11.6. The Bertz CT molecular complexity index is 1670. The average Bonchev–Trinajstić information content (AvgIpc) is 3.58. The highest BCUT2D eigenvalue weighted by atomic mass is 16.5. The van der Waals surface area contributed by atoms with Crippen molar-refractivity contribution in [1.29, 1.82) is 0 Å². The lowest BCUT2D eigenvalue weighted by molar-refractivity contribution is -0.145. The molecule has 0 saturated carbocycles. The predicted molar refractivity (Wildman–Crippen MR) is 183 cm³/mol. The van der Waals surface area contributed by atoms with E-state index in [1.54, 1.807) is 11.2 Å². The van der Waals surface area contributed by atoms with Crippen molar-refractivity contribution < 1.29 is 24.2 Å². The lowest BCUT2D eigenvalue weighted by Gasteiger charge is -2.37. The number of rotatable bonds is 16. The maximum absolute atomic E-state index is 13.2. The summed E-state index contributed by atoms with van der Waals surface area (Å²) in [5.41, 5.74) is 4.00. The van der Waals surface area contributed by atoms with Gasteiger partial charge in [-0.05, 0) is 41.6 Å². The molecule has 0 spiro atoms. The van der Waals surface area contributed by atoms with Crippen LogP contribution in [0.1, 0.15) is 34.4 Å². The number of hydrogen-bond acceptors (Lipinski definition) is 6. The molecule has 9 nitrogen and oxygen atoms in total. The van der Waals surface area contributed by atoms with Crippen LogP contribution in [0.25, 0.3) is 0 Å². The number of benzene rings is 4. The van der Waals surface area contributed by atoms with Crippen molar-refractivity contribution in [2.75, 3.05) is 26.7 Å². The molecule has 1 amide bonds. The van der Waals surface area contributed by atoms with Crippen molar-refractivity contribution >= 4 is 17.8 Å². The van der Waals surface area contributed by atoms with Crippen molar-refractivity contribution in [2.24, 2.45) is 0 Å². The van der Waals surface area contributed by atoms with Crippen LogP contribution in [0.2, 0.25) is 0 Å². The summed E-state index contributed by atoms with van der Waals surface area (Å²) >= 11 is 0. The van der Waals surface area contributed by atoms with E-state index in [9.17, 15) is 19.5 Å². The minimum atomic E-state index is -1.03. The fourth-order valence-electron chi connectivity index (χ4n) is 6.18. The number of carboxylic acids is 1. The molecule has 1 atom stereocenters. The number of esters is 1. The smallest absolute Gasteiger partial charge is 0.328 e. The van der Waals surface area contributed by atoms with Crippen LogP contribution in [0, 0.1) is 0 Å². The summed E-state index contributed by atoms with van der Waals surface area (Å²) < 4.78 is 7.10. The molecule has 4 aromatic carbocycles. The maximum Gasteiger partial charge on any atom is 0.328 e. The Hall–Kier alpha value is -5.54. The highest BCUT2D eigenvalue weighted by Crippen LogP contribution is 2.40. The fourth-order valence-corrected chi connectivity index (χ4v) is 6.18. The zero-order valence-electron chi connectivity index (χ0n) is 26.9. The van der Waals surface area contributed by atoms with E-state index in [1.165, 1.54) is 7.11 Å². The quantitative estimate of drug-likeness (QED) is 0.116. The van der Waals surface area contributed by atoms with Crippen LogP contribution in [0.5, 0.6) is 0 Å². The summed E-state index contributed by atoms with van der Waals surface area (Å²) in [7, 11) is 1.27. The Morgan fingerprint density at radius 2 is 1.33 bits per heavy atom. The van der Waals surface area contributed by atoms with Gasteiger partial charge in [-0.1, -0.05) is 121 Å². The predicted octanol–water partition coefficient (Wildman–Crippen LogP) is 4.94. The minimum absolute atomic E-state index is 0.0762. The SMILES string of the molecule is COC(=O)C(Cc1cn(C(c2ccccc2)(c2ccccc2)c2ccccc2)cn1)NC(=O)CN(CCCc1ccccc1)CC(=O)O. The number of nitrogens with one attached hydrogen (secondary N) is 1. The zero-order valence-corrected chi connectivity index (χ0v) is 26.9. The summed E-state index contributed by atoms with van der Waals surface area (Å²) in [6.45, 7) is -0.0688. The molecule has 0 aliphatic carbocycles. The Morgan fingerprint density at radius 3 is 1.83 bits per heavy atom. The number of carboxylic acid groups (broad SMARTS) is 1. The fraction of sp³-hybridized carbons (Fsp3) is 0.231. The molecule has 0 bridgehead atoms. The van der Waals surface area contributed by atoms with E-state index in [1.807, 2.05) is 95.7 Å². The first-order chi connectivity index (χ1) is 23.4. The zero-order chi connectivity index (χ0) is 33.8. The van der Waals surface area contributed by atoms with Gasteiger partial charge < -0.3 is 19.7 Å². The molecule has 0 aliphatic heterocycles. The van der Waals surface area contributed by atoms with E-state index in [0.717, 1.165) is 28.7 Å². The number of carbonyl (C=O) groups is 3. The van der Waals surface area contributed by atoms with Gasteiger partial charge in [-0.2, -0.15) is 0 Å². The third kappa shape index (κ3) is 8.24. The number of hydrogen-bond donors (Lipinski definition) is 2. The number of nitrogens with zero attached hydrogens (tertiary/aromatic N) is 3. The Kier molecular flexibility index (Phi) is 11.5. The highest BCUT2D eigenvalue weighted by Gasteiger charge is 2.38. The number of aromatic nitrogens is 2. The van der Waals surface area contributed by atoms with Crippen molar-refractivity contribution in [3.8, 4) is 0 Å². The first kappa shape index (κ1) is 33.8. The third-order valence-corrected chi connectivity index (χ3v) is 8.34. The van der Waals surface area contributed by atoms with Crippen molar-refractivity contribution in [1.82, 2.24) is 19.8 Å². The van der Waals surface area contributed by atoms with Crippen LogP contribution in [-0.2, 0) is 37.5 Å². The molecule has 0 aliphatic rings. The van der Waals surface area contributed by atoms with Crippen molar-refractivity contribution in [2.45, 2.75) is 30.8 Å². The highest BCUT2D eigenvalue weighted by molar-refractivity contribution is 5.86. The van der Waals surface area contributed by atoms with Crippen LogP contribution < -0.4 is 5.32 Å². The standard InChI is InChI=1S/C39H40N4O5/c1-48-38(47)35(41-36(44)27-42(28-37(45)46)24-14-17-30-15-6-2-7-16-30)25-34-26-43(29-40-34)39(31-18-8-3-9-19-31,32-20-10-4-11-21-32)33-22-12-5-13-23-33/h2-13,15-16,18-23,26,29,35H,14,17,24-25,27-28H2,1H3,(H,41,44)(H,45,46). The van der Waals surface area contributed by atoms with Gasteiger partial charge in [0.05, 0.1) is 32.2 Å². The second-order valence-corrected chi connectivity index (χ2v) is 11.6. The topological polar surface area (TPSA) is 114 Å². The van der Waals surface area contributed by atoms with Gasteiger partial charge in [0, 0.05) is 12.6 Å². The summed E-state index contributed by atoms with van der Waals surface area (Å²) in [5, 5.41) is 12.2. The number of carbonyl (C=O) groups excluding carboxylic acids is 2. The van der Waals surface area contributed by atoms with Gasteiger partial charge in [0.1, 0.15) is 11.6 Å². The van der Waals surface area contributed by atoms with Crippen molar-refractivity contribution in [3.63, 3.8) is 0 Å². The molecule has 1 unspecified atom stereocenters. The van der Waals surface area contributed by atoms with Crippen LogP contribution in [-0.4, -0.2) is 70.2 Å². The molecule has 1 aromatic heterocycles. The maximum atomic E-state index is 13.2. The number of aliphatic carboxylic acids is 1. The number of imidazole rings is 1. The first-order valence-corrected chi connectivity index (χ1v) is 16.0. The van der Waals surface area contributed by atoms with E-state index >= 15 is 0 Å². The molecule has 5 rings (SSSR count). The Morgan fingerprint density at radius 1 is 0.812 bits per heavy atom. The third-order valence-electron chi connectivity index (χ3n) is 8.34. The molecule has 2 N–H and O–H groups in total.